The predicted octanol–water partition coefficient (Wildman–Crippen LogP) is 4.13. The van der Waals surface area contributed by atoms with Crippen molar-refractivity contribution in [3.05, 3.63) is 62.8 Å². The highest BCUT2D eigenvalue weighted by Gasteiger charge is 2.21. The van der Waals surface area contributed by atoms with Gasteiger partial charge in [-0.2, -0.15) is 0 Å². The fraction of sp³-hybridized carbons (Fsp3) is 0.350. The molecule has 0 saturated carbocycles. The van der Waals surface area contributed by atoms with Crippen LogP contribution in [0.3, 0.4) is 0 Å². The van der Waals surface area contributed by atoms with Crippen molar-refractivity contribution in [2.75, 3.05) is 0 Å². The normalized spacial score (nSPS) is 13.2. The Bertz CT molecular complexity index is 1140. The molecule has 27 heavy (non-hydrogen) atoms. The summed E-state index contributed by atoms with van der Waals surface area (Å²) < 4.78 is 30.9. The maximum Gasteiger partial charge on any atom is 0.308 e. The molecule has 1 aromatic heterocycles. The van der Waals surface area contributed by atoms with Gasteiger partial charge in [0.25, 0.3) is 0 Å². The number of rotatable bonds is 6. The fourth-order valence-electron chi connectivity index (χ4n) is 3.32. The molecule has 1 atom stereocenters. The summed E-state index contributed by atoms with van der Waals surface area (Å²) in [5, 5.41) is 0. The van der Waals surface area contributed by atoms with E-state index in [1.54, 1.807) is 22.8 Å². The van der Waals surface area contributed by atoms with E-state index in [1.807, 2.05) is 45.9 Å². The summed E-state index contributed by atoms with van der Waals surface area (Å²) in [6.07, 6.45) is 0.848. The minimum absolute atomic E-state index is 0.0574. The van der Waals surface area contributed by atoms with E-state index in [4.69, 9.17) is 0 Å². The summed E-state index contributed by atoms with van der Waals surface area (Å²) in [5.74, 6) is 0. The van der Waals surface area contributed by atoms with Crippen molar-refractivity contribution in [2.24, 2.45) is 0 Å². The predicted molar refractivity (Wildman–Crippen MR) is 111 cm³/mol. The Morgan fingerprint density at radius 1 is 1.15 bits per heavy atom. The van der Waals surface area contributed by atoms with Crippen LogP contribution in [0.2, 0.25) is 0 Å². The second kappa shape index (κ2) is 7.58. The van der Waals surface area contributed by atoms with E-state index < -0.39 is 10.0 Å². The molecule has 3 aromatic rings. The largest absolute Gasteiger partial charge is 0.308 e. The summed E-state index contributed by atoms with van der Waals surface area (Å²) >= 11 is 1.08. The van der Waals surface area contributed by atoms with E-state index in [2.05, 4.69) is 4.72 Å². The van der Waals surface area contributed by atoms with Crippen molar-refractivity contribution in [3.8, 4) is 0 Å². The molecule has 5 nitrogen and oxygen atoms in total. The van der Waals surface area contributed by atoms with Crippen molar-refractivity contribution in [2.45, 2.75) is 51.6 Å². The van der Waals surface area contributed by atoms with Gasteiger partial charge < -0.3 is 0 Å². The van der Waals surface area contributed by atoms with Crippen LogP contribution in [0.1, 0.15) is 43.0 Å². The van der Waals surface area contributed by atoms with Crippen LogP contribution in [0.25, 0.3) is 10.2 Å². The van der Waals surface area contributed by atoms with Gasteiger partial charge >= 0.3 is 4.87 Å². The van der Waals surface area contributed by atoms with Gasteiger partial charge in [-0.05, 0) is 56.5 Å². The van der Waals surface area contributed by atoms with Gasteiger partial charge in [0.05, 0.1) is 15.1 Å². The van der Waals surface area contributed by atoms with Gasteiger partial charge in [0.1, 0.15) is 0 Å². The number of hydrogen-bond acceptors (Lipinski definition) is 4. The topological polar surface area (TPSA) is 68.2 Å². The van der Waals surface area contributed by atoms with Crippen LogP contribution < -0.4 is 9.60 Å². The molecule has 0 aliphatic heterocycles. The third kappa shape index (κ3) is 4.00. The molecule has 1 unspecified atom stereocenters. The monoisotopic (exact) mass is 404 g/mol. The summed E-state index contributed by atoms with van der Waals surface area (Å²) in [5.41, 5.74) is 3.93. The molecular formula is C20H24N2O3S2. The molecule has 0 bridgehead atoms. The lowest BCUT2D eigenvalue weighted by atomic mass is 10.0. The number of aryl methyl sites for hydroxylation is 3. The zero-order valence-corrected chi connectivity index (χ0v) is 17.6. The molecule has 2 aromatic carbocycles. The summed E-state index contributed by atoms with van der Waals surface area (Å²) in [6.45, 7) is 8.47. The first-order valence-electron chi connectivity index (χ1n) is 8.96. The van der Waals surface area contributed by atoms with Gasteiger partial charge in [-0.3, -0.25) is 9.36 Å². The Morgan fingerprint density at radius 2 is 1.89 bits per heavy atom. The molecule has 0 spiro atoms. The Kier molecular flexibility index (Phi) is 5.55. The van der Waals surface area contributed by atoms with E-state index in [9.17, 15) is 13.2 Å². The van der Waals surface area contributed by atoms with Gasteiger partial charge in [-0.1, -0.05) is 42.0 Å². The summed E-state index contributed by atoms with van der Waals surface area (Å²) in [4.78, 5) is 12.3. The van der Waals surface area contributed by atoms with Crippen LogP contribution in [-0.4, -0.2) is 13.0 Å². The van der Waals surface area contributed by atoms with Crippen molar-refractivity contribution in [1.82, 2.24) is 9.29 Å². The van der Waals surface area contributed by atoms with Gasteiger partial charge in [-0.15, -0.1) is 0 Å². The van der Waals surface area contributed by atoms with Crippen LogP contribution in [0.4, 0.5) is 0 Å². The molecule has 1 N–H and O–H groups in total. The van der Waals surface area contributed by atoms with E-state index in [1.165, 1.54) is 0 Å². The maximum atomic E-state index is 12.9. The number of sulfonamides is 1. The molecule has 0 aliphatic rings. The number of nitrogens with zero attached hydrogens (tertiary/aromatic N) is 1. The van der Waals surface area contributed by atoms with E-state index in [0.29, 0.717) is 11.2 Å². The average molecular weight is 405 g/mol. The lowest BCUT2D eigenvalue weighted by molar-refractivity contribution is 0.566. The lowest BCUT2D eigenvalue weighted by Crippen LogP contribution is -2.27. The fourth-order valence-corrected chi connectivity index (χ4v) is 5.60. The molecule has 0 aliphatic carbocycles. The van der Waals surface area contributed by atoms with E-state index in [-0.39, 0.29) is 15.8 Å². The Balaban J connectivity index is 1.93. The summed E-state index contributed by atoms with van der Waals surface area (Å²) in [7, 11) is -3.70. The molecule has 0 fully saturated rings. The Labute approximate surface area is 163 Å². The van der Waals surface area contributed by atoms with Gasteiger partial charge in [-0.25, -0.2) is 13.1 Å². The average Bonchev–Trinajstić information content (AvgIpc) is 2.89. The van der Waals surface area contributed by atoms with Crippen molar-refractivity contribution < 1.29 is 8.42 Å². The molecule has 7 heteroatoms. The number of fused-ring (bicyclic) bond motifs is 1. The molecular weight excluding hydrogens is 380 g/mol. The van der Waals surface area contributed by atoms with E-state index >= 15 is 0 Å². The van der Waals surface area contributed by atoms with Gasteiger partial charge in [0.15, 0.2) is 0 Å². The first-order chi connectivity index (χ1) is 12.7. The second-order valence-electron chi connectivity index (χ2n) is 6.85. The highest BCUT2D eigenvalue weighted by atomic mass is 32.2. The number of benzene rings is 2. The molecule has 0 amide bonds. The maximum absolute atomic E-state index is 12.9. The van der Waals surface area contributed by atoms with Crippen molar-refractivity contribution in [1.29, 1.82) is 0 Å². The third-order valence-electron chi connectivity index (χ3n) is 4.62. The first-order valence-corrected chi connectivity index (χ1v) is 11.3. The third-order valence-corrected chi connectivity index (χ3v) is 7.10. The quantitative estimate of drug-likeness (QED) is 0.672. The zero-order valence-electron chi connectivity index (χ0n) is 15.9. The van der Waals surface area contributed by atoms with Gasteiger partial charge in [0, 0.05) is 12.6 Å². The molecule has 3 rings (SSSR count). The molecule has 0 saturated heterocycles. The number of hydrogen-bond donors (Lipinski definition) is 1. The van der Waals surface area contributed by atoms with Gasteiger partial charge in [0.2, 0.25) is 10.0 Å². The molecule has 0 radical (unpaired) electrons. The number of thiazole rings is 1. The zero-order chi connectivity index (χ0) is 19.8. The molecule has 144 valence electrons. The Hall–Kier alpha value is -1.96. The summed E-state index contributed by atoms with van der Waals surface area (Å²) in [6, 6.07) is 10.5. The van der Waals surface area contributed by atoms with Crippen LogP contribution in [0.15, 0.2) is 46.1 Å². The van der Waals surface area contributed by atoms with Crippen LogP contribution >= 0.6 is 11.3 Å². The van der Waals surface area contributed by atoms with E-state index in [0.717, 1.165) is 40.0 Å². The van der Waals surface area contributed by atoms with Crippen molar-refractivity contribution in [3.63, 3.8) is 0 Å². The standard InChI is InChI=1S/C20H24N2O3S2/c1-5-10-22-18-9-7-16(12-19(18)26-20(22)23)27(24,25)21-15(4)17-8-6-13(2)11-14(17)3/h6-9,11-12,15,21H,5,10H2,1-4H3. The lowest BCUT2D eigenvalue weighted by Gasteiger charge is -2.17. The minimum atomic E-state index is -3.70. The van der Waals surface area contributed by atoms with Crippen molar-refractivity contribution >= 4 is 31.6 Å². The minimum Gasteiger partial charge on any atom is -0.299 e. The smallest absolute Gasteiger partial charge is 0.299 e. The van der Waals surface area contributed by atoms with Crippen LogP contribution in [0.5, 0.6) is 0 Å². The highest BCUT2D eigenvalue weighted by Crippen LogP contribution is 2.25. The number of nitrogens with one attached hydrogen (secondary N) is 1. The van der Waals surface area contributed by atoms with Crippen LogP contribution in [-0.2, 0) is 16.6 Å². The second-order valence-corrected chi connectivity index (χ2v) is 9.56. The number of aromatic nitrogens is 1. The van der Waals surface area contributed by atoms with Crippen LogP contribution in [0, 0.1) is 13.8 Å². The Morgan fingerprint density at radius 3 is 2.56 bits per heavy atom. The first kappa shape index (κ1) is 19.8. The highest BCUT2D eigenvalue weighted by molar-refractivity contribution is 7.89. The SMILES string of the molecule is CCCn1c(=O)sc2cc(S(=O)(=O)NC(C)c3ccc(C)cc3C)ccc21. The molecule has 1 heterocycles.